The second-order valence-corrected chi connectivity index (χ2v) is 4.34. The number of hydrogen-bond donors (Lipinski definition) is 1. The summed E-state index contributed by atoms with van der Waals surface area (Å²) in [6.07, 6.45) is -0.00884. The maximum Gasteiger partial charge on any atom is 0.106 e. The molecular formula is C11H19NO2S. The Morgan fingerprint density at radius 2 is 2.27 bits per heavy atom. The summed E-state index contributed by atoms with van der Waals surface area (Å²) in [5.74, 6) is 0. The van der Waals surface area contributed by atoms with Crippen LogP contribution in [0.5, 0.6) is 0 Å². The van der Waals surface area contributed by atoms with E-state index in [0.29, 0.717) is 13.2 Å². The molecule has 86 valence electrons. The zero-order chi connectivity index (χ0) is 11.1. The largest absolute Gasteiger partial charge is 0.379 e. The molecule has 0 saturated carbocycles. The van der Waals surface area contributed by atoms with Gasteiger partial charge in [-0.1, -0.05) is 6.07 Å². The monoisotopic (exact) mass is 229 g/mol. The van der Waals surface area contributed by atoms with Crippen molar-refractivity contribution in [3.63, 3.8) is 0 Å². The summed E-state index contributed by atoms with van der Waals surface area (Å²) in [5.41, 5.74) is 5.88. The van der Waals surface area contributed by atoms with Crippen molar-refractivity contribution in [3.05, 3.63) is 22.4 Å². The molecule has 0 saturated heterocycles. The van der Waals surface area contributed by atoms with E-state index in [9.17, 15) is 0 Å². The van der Waals surface area contributed by atoms with Crippen molar-refractivity contribution in [1.82, 2.24) is 0 Å². The summed E-state index contributed by atoms with van der Waals surface area (Å²) in [6, 6.07) is 4.07. The molecule has 0 amide bonds. The highest BCUT2D eigenvalue weighted by Gasteiger charge is 2.17. The third-order valence-electron chi connectivity index (χ3n) is 2.03. The molecule has 2 unspecified atom stereocenters. The smallest absolute Gasteiger partial charge is 0.106 e. The van der Waals surface area contributed by atoms with E-state index in [1.54, 1.807) is 11.3 Å². The van der Waals surface area contributed by atoms with Crippen LogP contribution in [0, 0.1) is 0 Å². The summed E-state index contributed by atoms with van der Waals surface area (Å²) in [5, 5.41) is 2.04. The second kappa shape index (κ2) is 6.95. The van der Waals surface area contributed by atoms with Crippen molar-refractivity contribution in [1.29, 1.82) is 0 Å². The Hall–Kier alpha value is -0.420. The van der Waals surface area contributed by atoms with E-state index in [2.05, 4.69) is 6.07 Å². The minimum Gasteiger partial charge on any atom is -0.379 e. The summed E-state index contributed by atoms with van der Waals surface area (Å²) in [7, 11) is 0. The minimum atomic E-state index is -0.00884. The Morgan fingerprint density at radius 1 is 1.47 bits per heavy atom. The molecule has 0 fully saturated rings. The minimum absolute atomic E-state index is 0.00489. The molecule has 0 aliphatic rings. The van der Waals surface area contributed by atoms with E-state index in [1.165, 1.54) is 4.88 Å². The molecule has 1 aromatic rings. The van der Waals surface area contributed by atoms with Crippen LogP contribution in [-0.2, 0) is 9.47 Å². The van der Waals surface area contributed by atoms with Gasteiger partial charge in [0.05, 0.1) is 13.2 Å². The van der Waals surface area contributed by atoms with E-state index >= 15 is 0 Å². The molecule has 0 aliphatic heterocycles. The molecule has 2 atom stereocenters. The van der Waals surface area contributed by atoms with Gasteiger partial charge in [0.2, 0.25) is 0 Å². The first-order valence-electron chi connectivity index (χ1n) is 5.24. The third kappa shape index (κ3) is 4.30. The number of ether oxygens (including phenoxy) is 2. The molecule has 0 bridgehead atoms. The topological polar surface area (TPSA) is 44.5 Å². The van der Waals surface area contributed by atoms with Crippen LogP contribution in [-0.4, -0.2) is 25.9 Å². The van der Waals surface area contributed by atoms with Crippen LogP contribution in [0.4, 0.5) is 0 Å². The van der Waals surface area contributed by atoms with Crippen LogP contribution < -0.4 is 5.73 Å². The van der Waals surface area contributed by atoms with Gasteiger partial charge in [0, 0.05) is 17.5 Å². The van der Waals surface area contributed by atoms with Crippen LogP contribution >= 0.6 is 11.3 Å². The highest BCUT2D eigenvalue weighted by atomic mass is 32.1. The third-order valence-corrected chi connectivity index (χ3v) is 2.96. The Labute approximate surface area is 95.2 Å². The Kier molecular flexibility index (Phi) is 5.86. The Balaban J connectivity index is 2.39. The molecule has 4 heteroatoms. The zero-order valence-electron chi connectivity index (χ0n) is 9.31. The van der Waals surface area contributed by atoms with Crippen LogP contribution in [0.15, 0.2) is 17.5 Å². The van der Waals surface area contributed by atoms with Gasteiger partial charge in [0.25, 0.3) is 0 Å². The molecule has 1 rings (SSSR count). The van der Waals surface area contributed by atoms with Crippen molar-refractivity contribution in [2.45, 2.75) is 26.0 Å². The van der Waals surface area contributed by atoms with E-state index in [1.807, 2.05) is 25.3 Å². The van der Waals surface area contributed by atoms with Crippen LogP contribution in [0.2, 0.25) is 0 Å². The molecule has 15 heavy (non-hydrogen) atoms. The molecule has 0 spiro atoms. The first-order valence-corrected chi connectivity index (χ1v) is 6.12. The van der Waals surface area contributed by atoms with Gasteiger partial charge in [-0.25, -0.2) is 0 Å². The molecule has 2 N–H and O–H groups in total. The van der Waals surface area contributed by atoms with Gasteiger partial charge in [-0.3, -0.25) is 0 Å². The highest BCUT2D eigenvalue weighted by molar-refractivity contribution is 7.10. The zero-order valence-corrected chi connectivity index (χ0v) is 10.1. The van der Waals surface area contributed by atoms with Crippen molar-refractivity contribution < 1.29 is 9.47 Å². The number of rotatable bonds is 7. The fraction of sp³-hybridized carbons (Fsp3) is 0.636. The lowest BCUT2D eigenvalue weighted by molar-refractivity contribution is -0.000813. The summed E-state index contributed by atoms with van der Waals surface area (Å²) >= 11 is 1.68. The SMILES string of the molecule is CCOCCOC(c1cccs1)C(C)N. The molecule has 3 nitrogen and oxygen atoms in total. The van der Waals surface area contributed by atoms with E-state index in [4.69, 9.17) is 15.2 Å². The van der Waals surface area contributed by atoms with Gasteiger partial charge in [0.1, 0.15) is 6.10 Å². The van der Waals surface area contributed by atoms with Crippen molar-refractivity contribution in [2.24, 2.45) is 5.73 Å². The maximum absolute atomic E-state index is 5.88. The van der Waals surface area contributed by atoms with Crippen molar-refractivity contribution in [2.75, 3.05) is 19.8 Å². The first kappa shape index (κ1) is 12.6. The van der Waals surface area contributed by atoms with Crippen LogP contribution in [0.1, 0.15) is 24.8 Å². The summed E-state index contributed by atoms with van der Waals surface area (Å²) in [6.45, 7) is 5.89. The predicted octanol–water partition coefficient (Wildman–Crippen LogP) is 2.19. The van der Waals surface area contributed by atoms with Crippen molar-refractivity contribution >= 4 is 11.3 Å². The van der Waals surface area contributed by atoms with E-state index in [0.717, 1.165) is 6.61 Å². The lowest BCUT2D eigenvalue weighted by Crippen LogP contribution is -2.27. The Morgan fingerprint density at radius 3 is 2.80 bits per heavy atom. The van der Waals surface area contributed by atoms with Gasteiger partial charge in [-0.15, -0.1) is 11.3 Å². The van der Waals surface area contributed by atoms with Gasteiger partial charge >= 0.3 is 0 Å². The molecule has 0 radical (unpaired) electrons. The standard InChI is InChI=1S/C11H19NO2S/c1-3-13-6-7-14-11(9(2)12)10-5-4-8-15-10/h4-5,8-9,11H,3,6-7,12H2,1-2H3. The lowest BCUT2D eigenvalue weighted by Gasteiger charge is -2.20. The quantitative estimate of drug-likeness (QED) is 0.729. The number of nitrogens with two attached hydrogens (primary N) is 1. The fourth-order valence-electron chi connectivity index (χ4n) is 1.32. The molecule has 1 aromatic heterocycles. The van der Waals surface area contributed by atoms with E-state index in [-0.39, 0.29) is 12.1 Å². The molecular weight excluding hydrogens is 210 g/mol. The predicted molar refractivity (Wildman–Crippen MR) is 63.2 cm³/mol. The first-order chi connectivity index (χ1) is 7.25. The summed E-state index contributed by atoms with van der Waals surface area (Å²) < 4.78 is 10.9. The fourth-order valence-corrected chi connectivity index (χ4v) is 2.21. The average molecular weight is 229 g/mol. The van der Waals surface area contributed by atoms with Gasteiger partial charge in [0.15, 0.2) is 0 Å². The second-order valence-electron chi connectivity index (χ2n) is 3.36. The Bertz CT molecular complexity index is 249. The van der Waals surface area contributed by atoms with Crippen molar-refractivity contribution in [3.8, 4) is 0 Å². The number of thiophene rings is 1. The normalized spacial score (nSPS) is 15.1. The number of hydrogen-bond acceptors (Lipinski definition) is 4. The average Bonchev–Trinajstić information content (AvgIpc) is 2.70. The lowest BCUT2D eigenvalue weighted by atomic mass is 10.1. The van der Waals surface area contributed by atoms with Gasteiger partial charge in [-0.2, -0.15) is 0 Å². The van der Waals surface area contributed by atoms with E-state index < -0.39 is 0 Å². The highest BCUT2D eigenvalue weighted by Crippen LogP contribution is 2.24. The van der Waals surface area contributed by atoms with Crippen LogP contribution in [0.3, 0.4) is 0 Å². The molecule has 0 aromatic carbocycles. The molecule has 1 heterocycles. The maximum atomic E-state index is 5.88. The van der Waals surface area contributed by atoms with Gasteiger partial charge in [-0.05, 0) is 25.3 Å². The summed E-state index contributed by atoms with van der Waals surface area (Å²) in [4.78, 5) is 1.18. The molecule has 0 aliphatic carbocycles. The van der Waals surface area contributed by atoms with Gasteiger partial charge < -0.3 is 15.2 Å². The van der Waals surface area contributed by atoms with Crippen LogP contribution in [0.25, 0.3) is 0 Å².